The second-order valence-corrected chi connectivity index (χ2v) is 6.64. The van der Waals surface area contributed by atoms with Crippen LogP contribution in [0.2, 0.25) is 0 Å². The number of rotatable bonds is 4. The fourth-order valence-corrected chi connectivity index (χ4v) is 3.02. The van der Waals surface area contributed by atoms with E-state index >= 15 is 0 Å². The quantitative estimate of drug-likeness (QED) is 0.893. The number of nitrogens with zero attached hydrogens (tertiary/aromatic N) is 4. The van der Waals surface area contributed by atoms with E-state index in [1.54, 1.807) is 6.20 Å². The van der Waals surface area contributed by atoms with E-state index in [2.05, 4.69) is 60.4 Å². The summed E-state index contributed by atoms with van der Waals surface area (Å²) < 4.78 is 1.12. The number of nitriles is 1. The van der Waals surface area contributed by atoms with Crippen molar-refractivity contribution in [3.8, 4) is 6.07 Å². The minimum absolute atomic E-state index is 0.347. The van der Waals surface area contributed by atoms with Gasteiger partial charge in [-0.1, -0.05) is 28.1 Å². The molecule has 2 aromatic rings. The van der Waals surface area contributed by atoms with E-state index in [-0.39, 0.29) is 0 Å². The molecule has 5 nitrogen and oxygen atoms in total. The Morgan fingerprint density at radius 2 is 1.91 bits per heavy atom. The largest absolute Gasteiger partial charge is 0.366 e. The highest BCUT2D eigenvalue weighted by molar-refractivity contribution is 9.10. The Kier molecular flexibility index (Phi) is 5.21. The maximum absolute atomic E-state index is 8.73. The predicted octanol–water partition coefficient (Wildman–Crippen LogP) is 3.19. The second kappa shape index (κ2) is 7.53. The molecule has 1 aromatic carbocycles. The third-order valence-corrected chi connectivity index (χ3v) is 4.55. The molecule has 1 aliphatic heterocycles. The van der Waals surface area contributed by atoms with Gasteiger partial charge in [0.05, 0.1) is 12.4 Å². The van der Waals surface area contributed by atoms with Crippen LogP contribution in [-0.4, -0.2) is 34.0 Å². The molecule has 0 saturated carbocycles. The molecule has 118 valence electrons. The van der Waals surface area contributed by atoms with E-state index in [0.717, 1.165) is 42.8 Å². The molecule has 0 aliphatic carbocycles. The molecule has 0 bridgehead atoms. The van der Waals surface area contributed by atoms with Gasteiger partial charge in [-0.2, -0.15) is 5.26 Å². The Bertz CT molecular complexity index is 670. The van der Waals surface area contributed by atoms with E-state index in [1.165, 1.54) is 11.8 Å². The lowest BCUT2D eigenvalue weighted by molar-refractivity contribution is 0.211. The average molecular weight is 372 g/mol. The Morgan fingerprint density at radius 3 is 2.52 bits per heavy atom. The summed E-state index contributed by atoms with van der Waals surface area (Å²) >= 11 is 3.47. The highest BCUT2D eigenvalue weighted by Crippen LogP contribution is 2.18. The molecule has 6 heteroatoms. The lowest BCUT2D eigenvalue weighted by Crippen LogP contribution is -2.38. The molecular formula is C17H18BrN5. The summed E-state index contributed by atoms with van der Waals surface area (Å²) in [6.07, 6.45) is 5.30. The first-order chi connectivity index (χ1) is 11.2. The number of likely N-dealkylation sites (tertiary alicyclic amines) is 1. The lowest BCUT2D eigenvalue weighted by atomic mass is 10.0. The summed E-state index contributed by atoms with van der Waals surface area (Å²) in [7, 11) is 0. The van der Waals surface area contributed by atoms with Crippen molar-refractivity contribution < 1.29 is 0 Å². The summed E-state index contributed by atoms with van der Waals surface area (Å²) in [4.78, 5) is 10.7. The zero-order valence-corrected chi connectivity index (χ0v) is 14.3. The smallest absolute Gasteiger partial charge is 0.158 e. The molecule has 3 rings (SSSR count). The van der Waals surface area contributed by atoms with Gasteiger partial charge >= 0.3 is 0 Å². The molecule has 0 atom stereocenters. The molecule has 1 saturated heterocycles. The van der Waals surface area contributed by atoms with Crippen molar-refractivity contribution in [1.82, 2.24) is 14.9 Å². The van der Waals surface area contributed by atoms with Crippen LogP contribution in [0.15, 0.2) is 41.1 Å². The molecule has 0 unspecified atom stereocenters. The van der Waals surface area contributed by atoms with E-state index < -0.39 is 0 Å². The van der Waals surface area contributed by atoms with Gasteiger partial charge in [0.1, 0.15) is 11.9 Å². The van der Waals surface area contributed by atoms with E-state index in [0.29, 0.717) is 11.7 Å². The topological polar surface area (TPSA) is 64.8 Å². The van der Waals surface area contributed by atoms with E-state index in [4.69, 9.17) is 5.26 Å². The molecule has 0 radical (unpaired) electrons. The van der Waals surface area contributed by atoms with Crippen molar-refractivity contribution in [2.24, 2.45) is 0 Å². The molecule has 23 heavy (non-hydrogen) atoms. The molecule has 0 amide bonds. The van der Waals surface area contributed by atoms with Crippen LogP contribution < -0.4 is 5.32 Å². The van der Waals surface area contributed by atoms with Crippen LogP contribution in [0.5, 0.6) is 0 Å². The zero-order chi connectivity index (χ0) is 16.1. The van der Waals surface area contributed by atoms with Crippen molar-refractivity contribution in [3.05, 3.63) is 52.4 Å². The van der Waals surface area contributed by atoms with Crippen molar-refractivity contribution in [3.63, 3.8) is 0 Å². The number of halogens is 1. The highest BCUT2D eigenvalue weighted by atomic mass is 79.9. The third-order valence-electron chi connectivity index (χ3n) is 4.03. The zero-order valence-electron chi connectivity index (χ0n) is 12.7. The first kappa shape index (κ1) is 15.9. The summed E-state index contributed by atoms with van der Waals surface area (Å²) in [5, 5.41) is 12.1. The van der Waals surface area contributed by atoms with E-state index in [1.807, 2.05) is 6.07 Å². The van der Waals surface area contributed by atoms with Crippen LogP contribution in [0.1, 0.15) is 24.1 Å². The van der Waals surface area contributed by atoms with Crippen LogP contribution in [0, 0.1) is 11.3 Å². The summed E-state index contributed by atoms with van der Waals surface area (Å²) in [5.74, 6) is 0.746. The Hall–Kier alpha value is -1.97. The predicted molar refractivity (Wildman–Crippen MR) is 92.8 cm³/mol. The molecule has 1 N–H and O–H groups in total. The summed E-state index contributed by atoms with van der Waals surface area (Å²) in [6, 6.07) is 10.9. The number of piperidine rings is 1. The molecule has 0 spiro atoms. The van der Waals surface area contributed by atoms with Gasteiger partial charge in [-0.3, -0.25) is 4.90 Å². The van der Waals surface area contributed by atoms with Gasteiger partial charge in [0, 0.05) is 30.1 Å². The van der Waals surface area contributed by atoms with Crippen LogP contribution in [0.4, 0.5) is 5.82 Å². The number of anilines is 1. The number of hydrogen-bond acceptors (Lipinski definition) is 5. The number of nitrogens with one attached hydrogen (secondary N) is 1. The van der Waals surface area contributed by atoms with Gasteiger partial charge in [-0.05, 0) is 30.5 Å². The van der Waals surface area contributed by atoms with Gasteiger partial charge in [0.25, 0.3) is 0 Å². The van der Waals surface area contributed by atoms with Crippen LogP contribution in [-0.2, 0) is 6.54 Å². The maximum Gasteiger partial charge on any atom is 0.158 e. The van der Waals surface area contributed by atoms with Crippen LogP contribution >= 0.6 is 15.9 Å². The molecule has 1 aliphatic rings. The van der Waals surface area contributed by atoms with Gasteiger partial charge in [0.15, 0.2) is 5.69 Å². The van der Waals surface area contributed by atoms with Crippen molar-refractivity contribution in [2.45, 2.75) is 25.4 Å². The SMILES string of the molecule is N#Cc1cnc(NC2CCN(Cc3ccc(Br)cc3)CC2)cn1. The highest BCUT2D eigenvalue weighted by Gasteiger charge is 2.19. The molecular weight excluding hydrogens is 354 g/mol. The van der Waals surface area contributed by atoms with Crippen LogP contribution in [0.3, 0.4) is 0 Å². The lowest BCUT2D eigenvalue weighted by Gasteiger charge is -2.32. The Labute approximate surface area is 144 Å². The van der Waals surface area contributed by atoms with Crippen molar-refractivity contribution >= 4 is 21.7 Å². The minimum Gasteiger partial charge on any atom is -0.366 e. The normalized spacial score (nSPS) is 16.0. The Morgan fingerprint density at radius 1 is 1.17 bits per heavy atom. The van der Waals surface area contributed by atoms with E-state index in [9.17, 15) is 0 Å². The van der Waals surface area contributed by atoms with Gasteiger partial charge in [-0.25, -0.2) is 9.97 Å². The molecule has 1 aromatic heterocycles. The standard InChI is InChI=1S/C17H18BrN5/c18-14-3-1-13(2-4-14)12-23-7-5-15(6-8-23)22-17-11-20-16(9-19)10-21-17/h1-4,10-11,15H,5-8,12H2,(H,21,22). The molecule has 1 fully saturated rings. The number of benzene rings is 1. The summed E-state index contributed by atoms with van der Waals surface area (Å²) in [6.45, 7) is 3.13. The molecule has 2 heterocycles. The fraction of sp³-hybridized carbons (Fsp3) is 0.353. The van der Waals surface area contributed by atoms with Crippen molar-refractivity contribution in [2.75, 3.05) is 18.4 Å². The monoisotopic (exact) mass is 371 g/mol. The third kappa shape index (κ3) is 4.50. The number of hydrogen-bond donors (Lipinski definition) is 1. The van der Waals surface area contributed by atoms with Gasteiger partial charge in [-0.15, -0.1) is 0 Å². The minimum atomic E-state index is 0.347. The van der Waals surface area contributed by atoms with Gasteiger partial charge in [0.2, 0.25) is 0 Å². The number of aromatic nitrogens is 2. The Balaban J connectivity index is 1.48. The fourth-order valence-electron chi connectivity index (χ4n) is 2.75. The van der Waals surface area contributed by atoms with Crippen LogP contribution in [0.25, 0.3) is 0 Å². The first-order valence-electron chi connectivity index (χ1n) is 7.68. The second-order valence-electron chi connectivity index (χ2n) is 5.72. The van der Waals surface area contributed by atoms with Crippen molar-refractivity contribution in [1.29, 1.82) is 5.26 Å². The van der Waals surface area contributed by atoms with Gasteiger partial charge < -0.3 is 5.32 Å². The average Bonchev–Trinajstić information content (AvgIpc) is 2.59. The maximum atomic E-state index is 8.73. The first-order valence-corrected chi connectivity index (χ1v) is 8.48. The summed E-state index contributed by atoms with van der Waals surface area (Å²) in [5.41, 5.74) is 1.69.